The maximum atomic E-state index is 13.0. The van der Waals surface area contributed by atoms with Gasteiger partial charge >= 0.3 is 12.1 Å². The number of hydrogen-bond donors (Lipinski definition) is 1. The van der Waals surface area contributed by atoms with Gasteiger partial charge in [0.1, 0.15) is 5.75 Å². The normalized spacial score (nSPS) is 28.9. The predicted molar refractivity (Wildman–Crippen MR) is 157 cm³/mol. The monoisotopic (exact) mass is 600 g/mol. The largest absolute Gasteiger partial charge is 0.508 e. The molecule has 1 saturated carbocycles. The Labute approximate surface area is 246 Å². The minimum Gasteiger partial charge on any atom is -0.508 e. The highest BCUT2D eigenvalue weighted by Gasteiger charge is 2.59. The molecule has 1 aromatic rings. The number of phenols is 1. The molecular formula is C33H46F5NOS. The van der Waals surface area contributed by atoms with Gasteiger partial charge in [0.05, 0.1) is 0 Å². The molecule has 4 aliphatic carbocycles. The van der Waals surface area contributed by atoms with E-state index in [0.29, 0.717) is 28.8 Å². The topological polar surface area (TPSA) is 23.5 Å². The summed E-state index contributed by atoms with van der Waals surface area (Å²) in [4.78, 5) is 2.31. The van der Waals surface area contributed by atoms with E-state index < -0.39 is 18.5 Å². The molecule has 230 valence electrons. The van der Waals surface area contributed by atoms with Crippen LogP contribution in [-0.4, -0.2) is 53.7 Å². The summed E-state index contributed by atoms with van der Waals surface area (Å²) in [7, 11) is 2.10. The molecule has 0 spiro atoms. The molecule has 1 fully saturated rings. The van der Waals surface area contributed by atoms with Gasteiger partial charge in [0.2, 0.25) is 0 Å². The predicted octanol–water partition coefficient (Wildman–Crippen LogP) is 9.38. The van der Waals surface area contributed by atoms with Crippen molar-refractivity contribution in [3.63, 3.8) is 0 Å². The average Bonchev–Trinajstić information content (AvgIpc) is 3.57. The summed E-state index contributed by atoms with van der Waals surface area (Å²) in [6, 6.07) is 6.11. The van der Waals surface area contributed by atoms with Crippen molar-refractivity contribution >= 4 is 11.8 Å². The molecular weight excluding hydrogens is 554 g/mol. The van der Waals surface area contributed by atoms with Crippen LogP contribution >= 0.6 is 11.8 Å². The fraction of sp³-hybridized carbons (Fsp3) is 0.758. The molecule has 5 rings (SSSR count). The summed E-state index contributed by atoms with van der Waals surface area (Å²) in [5.74, 6) is -0.279. The number of aromatic hydroxyl groups is 1. The first-order valence-corrected chi connectivity index (χ1v) is 16.8. The zero-order chi connectivity index (χ0) is 29.4. The second-order valence-corrected chi connectivity index (χ2v) is 14.8. The van der Waals surface area contributed by atoms with E-state index in [1.165, 1.54) is 67.8 Å². The molecule has 1 N–H and O–H groups in total. The van der Waals surface area contributed by atoms with Gasteiger partial charge in [-0.05, 0) is 142 Å². The minimum absolute atomic E-state index is 0.124. The van der Waals surface area contributed by atoms with Crippen LogP contribution in [0, 0.1) is 23.2 Å². The average molecular weight is 601 g/mol. The lowest BCUT2D eigenvalue weighted by Gasteiger charge is -2.53. The summed E-state index contributed by atoms with van der Waals surface area (Å²) in [5, 5.41) is 10.2. The second kappa shape index (κ2) is 12.4. The number of unbranched alkanes of at least 4 members (excludes halogenated alkanes) is 2. The van der Waals surface area contributed by atoms with E-state index in [4.69, 9.17) is 0 Å². The molecule has 0 heterocycles. The first-order chi connectivity index (χ1) is 19.4. The molecule has 0 amide bonds. The van der Waals surface area contributed by atoms with Crippen LogP contribution in [0.25, 0.3) is 0 Å². The Morgan fingerprint density at radius 1 is 1.02 bits per heavy atom. The molecule has 4 aliphatic rings. The Kier molecular flexibility index (Phi) is 9.40. The van der Waals surface area contributed by atoms with Crippen molar-refractivity contribution in [2.24, 2.45) is 23.2 Å². The fourth-order valence-electron chi connectivity index (χ4n) is 8.52. The molecule has 0 aliphatic heterocycles. The standard InChI is InChI=1S/C33H46F5NOS/c1-31-13-11-27-26-10-9-25(40)19-23(26)18-22(29(27)30(31)28-20-24(28)21-31)8-4-3-5-14-39(2)15-7-17-41-16-6-12-32(34,35)33(36,37)38/h9-10,19,22,27,29-30,40H,3-8,11-18,20-21H2,1-2H3/t22-,27-,29-,30+,31-/m1/s1/i40+1. The molecule has 1 aromatic carbocycles. The van der Waals surface area contributed by atoms with Gasteiger partial charge in [-0.15, -0.1) is 0 Å². The van der Waals surface area contributed by atoms with Crippen LogP contribution < -0.4 is 0 Å². The van der Waals surface area contributed by atoms with Crippen LogP contribution in [0.4, 0.5) is 22.0 Å². The number of thioether (sulfide) groups is 1. The van der Waals surface area contributed by atoms with Crippen molar-refractivity contribution in [3.8, 4) is 5.75 Å². The summed E-state index contributed by atoms with van der Waals surface area (Å²) < 4.78 is 62.6. The first kappa shape index (κ1) is 31.2. The van der Waals surface area contributed by atoms with E-state index in [0.717, 1.165) is 49.9 Å². The van der Waals surface area contributed by atoms with Gasteiger partial charge in [-0.3, -0.25) is 0 Å². The Bertz CT molecular complexity index is 1100. The number of hydrogen-bond acceptors (Lipinski definition) is 3. The Hall–Kier alpha value is -1.28. The lowest BCUT2D eigenvalue weighted by Crippen LogP contribution is -2.45. The van der Waals surface area contributed by atoms with E-state index in [1.54, 1.807) is 11.1 Å². The maximum absolute atomic E-state index is 13.0. The lowest BCUT2D eigenvalue weighted by molar-refractivity contribution is -0.284. The number of rotatable bonds is 14. The SMILES string of the molecule is CN(CCCCC[C@@H]1Cc2cc([17OH])ccc2[C@H]2CC[C@]3(C)CC4=C(C4)[C@H]3[C@H]12)CCCSCCCC(F)(F)C(F)(F)F. The number of halogens is 5. The summed E-state index contributed by atoms with van der Waals surface area (Å²) >= 11 is 1.46. The van der Waals surface area contributed by atoms with Crippen LogP contribution in [0.1, 0.15) is 94.6 Å². The molecule has 0 bridgehead atoms. The molecule has 2 nitrogen and oxygen atoms in total. The van der Waals surface area contributed by atoms with Crippen LogP contribution in [0.15, 0.2) is 29.3 Å². The van der Waals surface area contributed by atoms with Crippen LogP contribution in [0.2, 0.25) is 0 Å². The third kappa shape index (κ3) is 6.94. The van der Waals surface area contributed by atoms with Gasteiger partial charge in [0.15, 0.2) is 0 Å². The first-order valence-electron chi connectivity index (χ1n) is 15.6. The van der Waals surface area contributed by atoms with Gasteiger partial charge in [-0.1, -0.05) is 37.0 Å². The number of alkyl halides is 5. The Morgan fingerprint density at radius 3 is 2.56 bits per heavy atom. The van der Waals surface area contributed by atoms with Crippen molar-refractivity contribution in [2.45, 2.75) is 102 Å². The molecule has 0 unspecified atom stereocenters. The van der Waals surface area contributed by atoms with Gasteiger partial charge in [-0.25, -0.2) is 0 Å². The van der Waals surface area contributed by atoms with Gasteiger partial charge in [0, 0.05) is 6.42 Å². The van der Waals surface area contributed by atoms with E-state index in [2.05, 4.69) is 24.9 Å². The quantitative estimate of drug-likeness (QED) is 0.131. The lowest BCUT2D eigenvalue weighted by atomic mass is 9.51. The zero-order valence-corrected chi connectivity index (χ0v) is 25.4. The number of benzene rings is 1. The van der Waals surface area contributed by atoms with Crippen molar-refractivity contribution in [1.82, 2.24) is 4.90 Å². The Balaban J connectivity index is 1.02. The van der Waals surface area contributed by atoms with Crippen molar-refractivity contribution in [1.29, 1.82) is 0 Å². The van der Waals surface area contributed by atoms with Crippen molar-refractivity contribution in [2.75, 3.05) is 31.6 Å². The highest BCUT2D eigenvalue weighted by Crippen LogP contribution is 2.69. The number of allylic oxidation sites excluding steroid dienone is 2. The molecule has 0 aromatic heterocycles. The minimum atomic E-state index is -5.44. The molecule has 41 heavy (non-hydrogen) atoms. The van der Waals surface area contributed by atoms with E-state index in [9.17, 15) is 27.1 Å². The molecule has 0 radical (unpaired) electrons. The third-order valence-corrected chi connectivity index (χ3v) is 11.7. The van der Waals surface area contributed by atoms with Crippen LogP contribution in [0.5, 0.6) is 5.75 Å². The fourth-order valence-corrected chi connectivity index (χ4v) is 9.41. The number of nitrogens with zero attached hydrogens (tertiary/aromatic N) is 1. The van der Waals surface area contributed by atoms with Gasteiger partial charge < -0.3 is 10.0 Å². The highest BCUT2D eigenvalue weighted by molar-refractivity contribution is 7.99. The van der Waals surface area contributed by atoms with Gasteiger partial charge in [-0.2, -0.15) is 33.7 Å². The smallest absolute Gasteiger partial charge is 0.453 e. The number of phenolic OH excluding ortho intramolecular Hbond substituents is 1. The van der Waals surface area contributed by atoms with Crippen molar-refractivity contribution in [3.05, 3.63) is 40.5 Å². The maximum Gasteiger partial charge on any atom is 0.453 e. The van der Waals surface area contributed by atoms with E-state index in [1.807, 2.05) is 12.1 Å². The van der Waals surface area contributed by atoms with Gasteiger partial charge in [0.25, 0.3) is 0 Å². The molecule has 8 heteroatoms. The zero-order valence-electron chi connectivity index (χ0n) is 24.5. The van der Waals surface area contributed by atoms with E-state index >= 15 is 0 Å². The summed E-state index contributed by atoms with van der Waals surface area (Å²) in [6.45, 7) is 4.48. The second-order valence-electron chi connectivity index (χ2n) is 13.6. The number of fused-ring (bicyclic) bond motifs is 6. The molecule has 0 saturated heterocycles. The summed E-state index contributed by atoms with van der Waals surface area (Å²) in [5.41, 5.74) is 6.90. The third-order valence-electron chi connectivity index (χ3n) is 10.5. The van der Waals surface area contributed by atoms with E-state index in [-0.39, 0.29) is 6.42 Å². The summed E-state index contributed by atoms with van der Waals surface area (Å²) in [6.07, 6.45) is 5.32. The van der Waals surface area contributed by atoms with Crippen LogP contribution in [-0.2, 0) is 6.42 Å². The van der Waals surface area contributed by atoms with Crippen molar-refractivity contribution < 1.29 is 27.1 Å². The highest BCUT2D eigenvalue weighted by atomic mass is 32.2. The molecule has 5 atom stereocenters. The Morgan fingerprint density at radius 2 is 1.78 bits per heavy atom. The van der Waals surface area contributed by atoms with Crippen LogP contribution in [0.3, 0.4) is 0 Å².